The fourth-order valence-corrected chi connectivity index (χ4v) is 3.35. The fraction of sp³-hybridized carbons (Fsp3) is 0.769. The van der Waals surface area contributed by atoms with E-state index >= 15 is 0 Å². The molecule has 1 saturated carbocycles. The molecule has 2 saturated heterocycles. The van der Waals surface area contributed by atoms with Crippen LogP contribution in [0.4, 0.5) is 0 Å². The lowest BCUT2D eigenvalue weighted by Crippen LogP contribution is -2.56. The maximum atomic E-state index is 11.3. The molecule has 4 rings (SSSR count). The quantitative estimate of drug-likeness (QED) is 0.866. The SMILES string of the molecule is O=C1CC2(CN1)CN(Cc1nc(C3CCC3)no1)C2. The van der Waals surface area contributed by atoms with E-state index in [1.54, 1.807) is 0 Å². The van der Waals surface area contributed by atoms with Gasteiger partial charge in [-0.15, -0.1) is 0 Å². The molecule has 1 amide bonds. The van der Waals surface area contributed by atoms with Crippen LogP contribution in [0.1, 0.15) is 43.3 Å². The molecule has 0 unspecified atom stereocenters. The molecule has 3 aliphatic rings. The third-order valence-electron chi connectivity index (χ3n) is 4.63. The van der Waals surface area contributed by atoms with Crippen LogP contribution in [0, 0.1) is 5.41 Å². The molecule has 19 heavy (non-hydrogen) atoms. The van der Waals surface area contributed by atoms with Crippen molar-refractivity contribution in [3.63, 3.8) is 0 Å². The summed E-state index contributed by atoms with van der Waals surface area (Å²) in [4.78, 5) is 18.0. The Hall–Kier alpha value is -1.43. The van der Waals surface area contributed by atoms with Crippen molar-refractivity contribution in [3.8, 4) is 0 Å². The zero-order valence-corrected chi connectivity index (χ0v) is 10.9. The summed E-state index contributed by atoms with van der Waals surface area (Å²) in [6.45, 7) is 3.44. The lowest BCUT2D eigenvalue weighted by molar-refractivity contribution is -0.120. The number of nitrogens with one attached hydrogen (secondary N) is 1. The Bertz CT molecular complexity index is 502. The lowest BCUT2D eigenvalue weighted by Gasteiger charge is -2.46. The molecular weight excluding hydrogens is 244 g/mol. The summed E-state index contributed by atoms with van der Waals surface area (Å²) in [5.41, 5.74) is 0.175. The molecule has 1 aliphatic carbocycles. The van der Waals surface area contributed by atoms with Gasteiger partial charge >= 0.3 is 0 Å². The molecule has 0 atom stereocenters. The van der Waals surface area contributed by atoms with Crippen LogP contribution in [-0.4, -0.2) is 40.6 Å². The molecule has 2 aliphatic heterocycles. The van der Waals surface area contributed by atoms with E-state index in [9.17, 15) is 4.79 Å². The van der Waals surface area contributed by atoms with E-state index in [-0.39, 0.29) is 11.3 Å². The molecule has 1 spiro atoms. The predicted molar refractivity (Wildman–Crippen MR) is 66.2 cm³/mol. The normalized spacial score (nSPS) is 26.2. The number of hydrogen-bond donors (Lipinski definition) is 1. The molecule has 3 fully saturated rings. The summed E-state index contributed by atoms with van der Waals surface area (Å²) in [6, 6.07) is 0. The number of aromatic nitrogens is 2. The highest BCUT2D eigenvalue weighted by atomic mass is 16.5. The lowest BCUT2D eigenvalue weighted by atomic mass is 9.79. The zero-order valence-electron chi connectivity index (χ0n) is 10.9. The van der Waals surface area contributed by atoms with Crippen molar-refractivity contribution in [2.24, 2.45) is 5.41 Å². The Kier molecular flexibility index (Phi) is 2.42. The van der Waals surface area contributed by atoms with Crippen molar-refractivity contribution >= 4 is 5.91 Å². The first kappa shape index (κ1) is 11.4. The van der Waals surface area contributed by atoms with Crippen LogP contribution >= 0.6 is 0 Å². The Labute approximate surface area is 111 Å². The minimum atomic E-state index is 0.175. The number of carbonyl (C=O) groups is 1. The van der Waals surface area contributed by atoms with E-state index in [4.69, 9.17) is 4.52 Å². The second-order valence-corrected chi connectivity index (χ2v) is 6.27. The van der Waals surface area contributed by atoms with Crippen LogP contribution < -0.4 is 5.32 Å². The topological polar surface area (TPSA) is 71.3 Å². The molecule has 0 aromatic carbocycles. The van der Waals surface area contributed by atoms with Gasteiger partial charge in [0, 0.05) is 37.4 Å². The number of rotatable bonds is 3. The van der Waals surface area contributed by atoms with Gasteiger partial charge in [-0.2, -0.15) is 4.98 Å². The van der Waals surface area contributed by atoms with Crippen LogP contribution in [0.25, 0.3) is 0 Å². The monoisotopic (exact) mass is 262 g/mol. The second kappa shape index (κ2) is 4.03. The van der Waals surface area contributed by atoms with Crippen LogP contribution in [0.15, 0.2) is 4.52 Å². The maximum Gasteiger partial charge on any atom is 0.240 e. The second-order valence-electron chi connectivity index (χ2n) is 6.27. The minimum Gasteiger partial charge on any atom is -0.355 e. The number of likely N-dealkylation sites (tertiary alicyclic amines) is 1. The average Bonchev–Trinajstić information content (AvgIpc) is 2.83. The van der Waals surface area contributed by atoms with E-state index < -0.39 is 0 Å². The van der Waals surface area contributed by atoms with Gasteiger partial charge in [-0.05, 0) is 12.8 Å². The molecule has 6 heteroatoms. The maximum absolute atomic E-state index is 11.3. The summed E-state index contributed by atoms with van der Waals surface area (Å²) in [7, 11) is 0. The van der Waals surface area contributed by atoms with Crippen LogP contribution in [0.3, 0.4) is 0 Å². The standard InChI is InChI=1S/C13H18N4O2/c18-10-4-13(6-14-10)7-17(8-13)5-11-15-12(16-19-11)9-2-1-3-9/h9H,1-8H2,(H,14,18). The van der Waals surface area contributed by atoms with E-state index in [1.807, 2.05) is 0 Å². The summed E-state index contributed by atoms with van der Waals surface area (Å²) in [5, 5.41) is 6.99. The third kappa shape index (κ3) is 1.94. The first-order valence-electron chi connectivity index (χ1n) is 7.04. The van der Waals surface area contributed by atoms with Gasteiger partial charge in [0.15, 0.2) is 5.82 Å². The summed E-state index contributed by atoms with van der Waals surface area (Å²) in [5.74, 6) is 2.31. The van der Waals surface area contributed by atoms with Gasteiger partial charge in [0.2, 0.25) is 11.8 Å². The first-order valence-corrected chi connectivity index (χ1v) is 7.04. The van der Waals surface area contributed by atoms with Gasteiger partial charge < -0.3 is 9.84 Å². The zero-order chi connectivity index (χ0) is 12.9. The van der Waals surface area contributed by atoms with Crippen LogP contribution in [-0.2, 0) is 11.3 Å². The number of hydrogen-bond acceptors (Lipinski definition) is 5. The van der Waals surface area contributed by atoms with E-state index in [0.717, 1.165) is 32.0 Å². The van der Waals surface area contributed by atoms with Crippen LogP contribution in [0.2, 0.25) is 0 Å². The predicted octanol–water partition coefficient (Wildman–Crippen LogP) is 0.659. The number of carbonyl (C=O) groups excluding carboxylic acids is 1. The molecular formula is C13H18N4O2. The Morgan fingerprint density at radius 3 is 2.89 bits per heavy atom. The van der Waals surface area contributed by atoms with Gasteiger partial charge in [-0.1, -0.05) is 11.6 Å². The third-order valence-corrected chi connectivity index (χ3v) is 4.63. The number of nitrogens with zero attached hydrogens (tertiary/aromatic N) is 3. The van der Waals surface area contributed by atoms with Crippen molar-refractivity contribution in [3.05, 3.63) is 11.7 Å². The van der Waals surface area contributed by atoms with E-state index in [1.165, 1.54) is 19.3 Å². The summed E-state index contributed by atoms with van der Waals surface area (Å²) >= 11 is 0. The Morgan fingerprint density at radius 2 is 2.26 bits per heavy atom. The fourth-order valence-electron chi connectivity index (χ4n) is 3.35. The van der Waals surface area contributed by atoms with E-state index in [2.05, 4.69) is 20.4 Å². The van der Waals surface area contributed by atoms with Crippen molar-refractivity contribution in [2.45, 2.75) is 38.1 Å². The minimum absolute atomic E-state index is 0.175. The van der Waals surface area contributed by atoms with Crippen molar-refractivity contribution in [1.29, 1.82) is 0 Å². The smallest absolute Gasteiger partial charge is 0.240 e. The molecule has 3 heterocycles. The highest BCUT2D eigenvalue weighted by Gasteiger charge is 2.48. The largest absolute Gasteiger partial charge is 0.355 e. The van der Waals surface area contributed by atoms with Crippen molar-refractivity contribution < 1.29 is 9.32 Å². The van der Waals surface area contributed by atoms with Crippen LogP contribution in [0.5, 0.6) is 0 Å². The molecule has 0 radical (unpaired) electrons. The highest BCUT2D eigenvalue weighted by Crippen LogP contribution is 2.38. The van der Waals surface area contributed by atoms with E-state index in [0.29, 0.717) is 18.2 Å². The average molecular weight is 262 g/mol. The van der Waals surface area contributed by atoms with Gasteiger partial charge in [-0.25, -0.2) is 0 Å². The molecule has 102 valence electrons. The molecule has 0 bridgehead atoms. The van der Waals surface area contributed by atoms with Gasteiger partial charge in [-0.3, -0.25) is 9.69 Å². The van der Waals surface area contributed by atoms with Gasteiger partial charge in [0.1, 0.15) is 0 Å². The first-order chi connectivity index (χ1) is 9.22. The highest BCUT2D eigenvalue weighted by molar-refractivity contribution is 5.79. The van der Waals surface area contributed by atoms with Crippen molar-refractivity contribution in [2.75, 3.05) is 19.6 Å². The number of amides is 1. The summed E-state index contributed by atoms with van der Waals surface area (Å²) < 4.78 is 5.31. The molecule has 6 nitrogen and oxygen atoms in total. The molecule has 1 N–H and O–H groups in total. The van der Waals surface area contributed by atoms with Gasteiger partial charge in [0.05, 0.1) is 6.54 Å². The van der Waals surface area contributed by atoms with Crippen molar-refractivity contribution in [1.82, 2.24) is 20.4 Å². The molecule has 1 aromatic rings. The molecule has 1 aromatic heterocycles. The van der Waals surface area contributed by atoms with Gasteiger partial charge in [0.25, 0.3) is 0 Å². The Morgan fingerprint density at radius 1 is 1.42 bits per heavy atom. The Balaban J connectivity index is 1.33. The summed E-state index contributed by atoms with van der Waals surface area (Å²) in [6.07, 6.45) is 4.34.